The zero-order valence-electron chi connectivity index (χ0n) is 9.74. The van der Waals surface area contributed by atoms with Gasteiger partial charge in [-0.05, 0) is 37.5 Å². The molecular weight excluding hydrogens is 221 g/mol. The van der Waals surface area contributed by atoms with Gasteiger partial charge in [0.2, 0.25) is 0 Å². The maximum atomic E-state index is 13.2. The van der Waals surface area contributed by atoms with Crippen molar-refractivity contribution in [1.29, 1.82) is 0 Å². The van der Waals surface area contributed by atoms with E-state index in [1.165, 1.54) is 18.2 Å². The molecule has 2 N–H and O–H groups in total. The molecule has 1 unspecified atom stereocenters. The summed E-state index contributed by atoms with van der Waals surface area (Å²) >= 11 is 0. The third-order valence-electron chi connectivity index (χ3n) is 3.43. The summed E-state index contributed by atoms with van der Waals surface area (Å²) in [6.07, 6.45) is 3.09. The molecule has 0 saturated heterocycles. The molecule has 1 atom stereocenters. The quantitative estimate of drug-likeness (QED) is 0.844. The molecular formula is C13H16FNO2. The number of carboxylic acid groups (broad SMARTS) is 1. The van der Waals surface area contributed by atoms with Gasteiger partial charge < -0.3 is 5.11 Å². The number of halogens is 1. The smallest absolute Gasteiger partial charge is 0.328 e. The first-order chi connectivity index (χ1) is 8.02. The second-order valence-electron chi connectivity index (χ2n) is 4.71. The summed E-state index contributed by atoms with van der Waals surface area (Å²) in [5.74, 6) is -1.39. The van der Waals surface area contributed by atoms with Crippen molar-refractivity contribution >= 4 is 5.97 Å². The predicted molar refractivity (Wildman–Crippen MR) is 62.2 cm³/mol. The van der Waals surface area contributed by atoms with Gasteiger partial charge in [0.25, 0.3) is 0 Å². The summed E-state index contributed by atoms with van der Waals surface area (Å²) < 4.78 is 13.2. The molecule has 4 heteroatoms. The lowest BCUT2D eigenvalue weighted by Crippen LogP contribution is -2.53. The van der Waals surface area contributed by atoms with Crippen LogP contribution in [0, 0.1) is 5.82 Å². The molecule has 92 valence electrons. The van der Waals surface area contributed by atoms with Crippen molar-refractivity contribution in [2.75, 3.05) is 0 Å². The fourth-order valence-electron chi connectivity index (χ4n) is 2.03. The molecule has 1 aromatic carbocycles. The molecule has 2 rings (SSSR count). The van der Waals surface area contributed by atoms with Crippen LogP contribution in [0.5, 0.6) is 0 Å². The Kier molecular flexibility index (Phi) is 3.15. The SMILES string of the molecule is CC(NC1CCC1)(C(=O)O)c1cccc(F)c1. The van der Waals surface area contributed by atoms with E-state index in [4.69, 9.17) is 0 Å². The van der Waals surface area contributed by atoms with Crippen LogP contribution in [0.15, 0.2) is 24.3 Å². The van der Waals surface area contributed by atoms with Crippen molar-refractivity contribution in [3.05, 3.63) is 35.6 Å². The Morgan fingerprint density at radius 3 is 2.71 bits per heavy atom. The zero-order chi connectivity index (χ0) is 12.5. The van der Waals surface area contributed by atoms with Gasteiger partial charge in [-0.25, -0.2) is 9.18 Å². The van der Waals surface area contributed by atoms with Crippen LogP contribution >= 0.6 is 0 Å². The number of carboxylic acids is 1. The lowest BCUT2D eigenvalue weighted by atomic mass is 9.86. The molecule has 0 spiro atoms. The number of rotatable bonds is 4. The average Bonchev–Trinajstić information content (AvgIpc) is 2.23. The Morgan fingerprint density at radius 2 is 2.24 bits per heavy atom. The van der Waals surface area contributed by atoms with Crippen LogP contribution in [0.25, 0.3) is 0 Å². The molecule has 1 saturated carbocycles. The van der Waals surface area contributed by atoms with Crippen LogP contribution in [0.2, 0.25) is 0 Å². The molecule has 0 aliphatic heterocycles. The Hall–Kier alpha value is -1.42. The van der Waals surface area contributed by atoms with Gasteiger partial charge in [-0.1, -0.05) is 18.6 Å². The summed E-state index contributed by atoms with van der Waals surface area (Å²) in [5, 5.41) is 12.5. The predicted octanol–water partition coefficient (Wildman–Crippen LogP) is 2.27. The van der Waals surface area contributed by atoms with E-state index in [9.17, 15) is 14.3 Å². The highest BCUT2D eigenvalue weighted by Crippen LogP contribution is 2.27. The topological polar surface area (TPSA) is 49.3 Å². The van der Waals surface area contributed by atoms with Crippen LogP contribution in [0.1, 0.15) is 31.7 Å². The summed E-state index contributed by atoms with van der Waals surface area (Å²) in [6, 6.07) is 5.99. The number of nitrogens with one attached hydrogen (secondary N) is 1. The fraction of sp³-hybridized carbons (Fsp3) is 0.462. The second kappa shape index (κ2) is 4.45. The van der Waals surface area contributed by atoms with Crippen LogP contribution in [-0.2, 0) is 10.3 Å². The van der Waals surface area contributed by atoms with E-state index in [2.05, 4.69) is 5.32 Å². The molecule has 0 bridgehead atoms. The number of hydrogen-bond acceptors (Lipinski definition) is 2. The van der Waals surface area contributed by atoms with Crippen LogP contribution in [0.4, 0.5) is 4.39 Å². The minimum Gasteiger partial charge on any atom is -0.480 e. The van der Waals surface area contributed by atoms with Crippen molar-refractivity contribution in [2.45, 2.75) is 37.8 Å². The largest absolute Gasteiger partial charge is 0.480 e. The molecule has 0 aromatic heterocycles. The zero-order valence-corrected chi connectivity index (χ0v) is 9.74. The molecule has 1 fully saturated rings. The van der Waals surface area contributed by atoms with Crippen LogP contribution in [0.3, 0.4) is 0 Å². The van der Waals surface area contributed by atoms with E-state index in [0.717, 1.165) is 19.3 Å². The highest BCUT2D eigenvalue weighted by atomic mass is 19.1. The highest BCUT2D eigenvalue weighted by Gasteiger charge is 2.38. The first-order valence-electron chi connectivity index (χ1n) is 5.79. The summed E-state index contributed by atoms with van der Waals surface area (Å²) in [7, 11) is 0. The number of hydrogen-bond donors (Lipinski definition) is 2. The van der Waals surface area contributed by atoms with Gasteiger partial charge in [0.1, 0.15) is 11.4 Å². The van der Waals surface area contributed by atoms with Gasteiger partial charge in [0.05, 0.1) is 0 Å². The van der Waals surface area contributed by atoms with E-state index in [-0.39, 0.29) is 6.04 Å². The van der Waals surface area contributed by atoms with E-state index in [1.807, 2.05) is 0 Å². The van der Waals surface area contributed by atoms with Gasteiger partial charge in [-0.2, -0.15) is 0 Å². The van der Waals surface area contributed by atoms with E-state index in [0.29, 0.717) is 5.56 Å². The number of aliphatic carboxylic acids is 1. The number of carbonyl (C=O) groups is 1. The van der Waals surface area contributed by atoms with Crippen molar-refractivity contribution in [1.82, 2.24) is 5.32 Å². The van der Waals surface area contributed by atoms with E-state index in [1.54, 1.807) is 13.0 Å². The Balaban J connectivity index is 2.29. The van der Waals surface area contributed by atoms with Gasteiger partial charge in [0.15, 0.2) is 0 Å². The van der Waals surface area contributed by atoms with E-state index >= 15 is 0 Å². The van der Waals surface area contributed by atoms with Gasteiger partial charge in [-0.3, -0.25) is 5.32 Å². The molecule has 17 heavy (non-hydrogen) atoms. The van der Waals surface area contributed by atoms with Gasteiger partial charge in [0, 0.05) is 6.04 Å². The van der Waals surface area contributed by atoms with Crippen LogP contribution < -0.4 is 5.32 Å². The third-order valence-corrected chi connectivity index (χ3v) is 3.43. The summed E-state index contributed by atoms with van der Waals surface area (Å²) in [5.41, 5.74) is -0.760. The lowest BCUT2D eigenvalue weighted by molar-refractivity contribution is -0.145. The Morgan fingerprint density at radius 1 is 1.53 bits per heavy atom. The van der Waals surface area contributed by atoms with Crippen molar-refractivity contribution in [3.8, 4) is 0 Å². The fourth-order valence-corrected chi connectivity index (χ4v) is 2.03. The second-order valence-corrected chi connectivity index (χ2v) is 4.71. The number of benzene rings is 1. The Labute approximate surface area is 99.7 Å². The minimum absolute atomic E-state index is 0.222. The Bertz CT molecular complexity index is 431. The summed E-state index contributed by atoms with van der Waals surface area (Å²) in [6.45, 7) is 1.59. The third kappa shape index (κ3) is 2.31. The first kappa shape index (κ1) is 12.0. The molecule has 0 heterocycles. The first-order valence-corrected chi connectivity index (χ1v) is 5.79. The minimum atomic E-state index is -1.22. The normalized spacial score (nSPS) is 19.4. The monoisotopic (exact) mass is 237 g/mol. The average molecular weight is 237 g/mol. The van der Waals surface area contributed by atoms with Gasteiger partial charge >= 0.3 is 5.97 Å². The van der Waals surface area contributed by atoms with Gasteiger partial charge in [-0.15, -0.1) is 0 Å². The lowest BCUT2D eigenvalue weighted by Gasteiger charge is -2.36. The summed E-state index contributed by atoms with van der Waals surface area (Å²) in [4.78, 5) is 11.4. The molecule has 1 aliphatic carbocycles. The maximum absolute atomic E-state index is 13.2. The van der Waals surface area contributed by atoms with E-state index < -0.39 is 17.3 Å². The highest BCUT2D eigenvalue weighted by molar-refractivity contribution is 5.80. The molecule has 1 aromatic rings. The van der Waals surface area contributed by atoms with Crippen molar-refractivity contribution in [3.63, 3.8) is 0 Å². The molecule has 0 amide bonds. The molecule has 1 aliphatic rings. The van der Waals surface area contributed by atoms with Crippen molar-refractivity contribution < 1.29 is 14.3 Å². The molecule has 3 nitrogen and oxygen atoms in total. The maximum Gasteiger partial charge on any atom is 0.328 e. The van der Waals surface area contributed by atoms with Crippen LogP contribution in [-0.4, -0.2) is 17.1 Å². The standard InChI is InChI=1S/C13H16FNO2/c1-13(12(16)17,15-11-6-3-7-11)9-4-2-5-10(14)8-9/h2,4-5,8,11,15H,3,6-7H2,1H3,(H,16,17). The van der Waals surface area contributed by atoms with Crippen molar-refractivity contribution in [2.24, 2.45) is 0 Å². The molecule has 0 radical (unpaired) electrons.